The highest BCUT2D eigenvalue weighted by Crippen LogP contribution is 2.23. The van der Waals surface area contributed by atoms with Crippen LogP contribution in [0.1, 0.15) is 36.0 Å². The van der Waals surface area contributed by atoms with Crippen molar-refractivity contribution in [3.63, 3.8) is 0 Å². The molecular formula is C21H36IN3O3. The lowest BCUT2D eigenvalue weighted by atomic mass is 10.1. The number of guanidine groups is 1. The molecule has 7 heteroatoms. The van der Waals surface area contributed by atoms with Crippen molar-refractivity contribution in [3.05, 3.63) is 28.8 Å². The Morgan fingerprint density at radius 1 is 1.14 bits per heavy atom. The van der Waals surface area contributed by atoms with E-state index in [4.69, 9.17) is 14.2 Å². The molecule has 1 fully saturated rings. The second-order valence-corrected chi connectivity index (χ2v) is 7.04. The molecule has 160 valence electrons. The zero-order chi connectivity index (χ0) is 19.5. The van der Waals surface area contributed by atoms with Crippen LogP contribution in [0, 0.1) is 20.8 Å². The van der Waals surface area contributed by atoms with Gasteiger partial charge in [0.25, 0.3) is 0 Å². The number of nitrogens with zero attached hydrogens (tertiary/aromatic N) is 1. The molecule has 1 unspecified atom stereocenters. The number of hydrogen-bond acceptors (Lipinski definition) is 4. The second kappa shape index (κ2) is 14.0. The molecule has 1 atom stereocenters. The fourth-order valence-corrected chi connectivity index (χ4v) is 3.01. The summed E-state index contributed by atoms with van der Waals surface area (Å²) in [4.78, 5) is 4.25. The predicted molar refractivity (Wildman–Crippen MR) is 125 cm³/mol. The van der Waals surface area contributed by atoms with Gasteiger partial charge in [0.2, 0.25) is 0 Å². The third-order valence-corrected chi connectivity index (χ3v) is 4.71. The Labute approximate surface area is 186 Å². The van der Waals surface area contributed by atoms with Crippen molar-refractivity contribution in [1.82, 2.24) is 10.6 Å². The van der Waals surface area contributed by atoms with Crippen molar-refractivity contribution >= 4 is 29.9 Å². The summed E-state index contributed by atoms with van der Waals surface area (Å²) in [6, 6.07) is 4.29. The summed E-state index contributed by atoms with van der Waals surface area (Å²) < 4.78 is 17.0. The molecule has 0 amide bonds. The van der Waals surface area contributed by atoms with Gasteiger partial charge in [-0.25, -0.2) is 0 Å². The lowest BCUT2D eigenvalue weighted by Crippen LogP contribution is -2.38. The summed E-state index contributed by atoms with van der Waals surface area (Å²) in [5.41, 5.74) is 3.73. The van der Waals surface area contributed by atoms with E-state index in [0.29, 0.717) is 6.61 Å². The maximum Gasteiger partial charge on any atom is 0.190 e. The Morgan fingerprint density at radius 3 is 2.50 bits per heavy atom. The number of hydrogen-bond donors (Lipinski definition) is 2. The normalized spacial score (nSPS) is 16.6. The summed E-state index contributed by atoms with van der Waals surface area (Å²) in [6.45, 7) is 11.0. The first-order valence-corrected chi connectivity index (χ1v) is 9.94. The number of aryl methyl sites for hydroxylation is 2. The zero-order valence-corrected chi connectivity index (χ0v) is 20.0. The first-order valence-electron chi connectivity index (χ1n) is 9.94. The Balaban J connectivity index is 0.00000392. The van der Waals surface area contributed by atoms with E-state index in [9.17, 15) is 0 Å². The van der Waals surface area contributed by atoms with Crippen LogP contribution >= 0.6 is 24.0 Å². The van der Waals surface area contributed by atoms with Crippen molar-refractivity contribution in [2.75, 3.05) is 46.6 Å². The number of halogens is 1. The van der Waals surface area contributed by atoms with Gasteiger partial charge in [-0.05, 0) is 62.8 Å². The average Bonchev–Trinajstić information content (AvgIpc) is 3.16. The molecule has 28 heavy (non-hydrogen) atoms. The first-order chi connectivity index (χ1) is 13.1. The summed E-state index contributed by atoms with van der Waals surface area (Å²) in [6.07, 6.45) is 3.16. The molecule has 2 rings (SSSR count). The third kappa shape index (κ3) is 8.96. The minimum atomic E-state index is 0. The van der Waals surface area contributed by atoms with Crippen LogP contribution in [0.25, 0.3) is 0 Å². The summed E-state index contributed by atoms with van der Waals surface area (Å²) in [5, 5.41) is 6.64. The molecule has 1 aliphatic heterocycles. The van der Waals surface area contributed by atoms with E-state index in [2.05, 4.69) is 48.5 Å². The highest BCUT2D eigenvalue weighted by molar-refractivity contribution is 14.0. The molecular weight excluding hydrogens is 469 g/mol. The number of benzene rings is 1. The van der Waals surface area contributed by atoms with Crippen molar-refractivity contribution in [2.45, 2.75) is 46.1 Å². The third-order valence-electron chi connectivity index (χ3n) is 4.71. The van der Waals surface area contributed by atoms with Crippen molar-refractivity contribution in [3.8, 4) is 5.75 Å². The van der Waals surface area contributed by atoms with Crippen LogP contribution in [0.3, 0.4) is 0 Å². The molecule has 0 aliphatic carbocycles. The molecule has 1 aromatic carbocycles. The molecule has 0 aromatic heterocycles. The quantitative estimate of drug-likeness (QED) is 0.221. The number of nitrogens with one attached hydrogen (secondary N) is 2. The van der Waals surface area contributed by atoms with E-state index in [1.165, 1.54) is 16.7 Å². The van der Waals surface area contributed by atoms with Gasteiger partial charge in [-0.2, -0.15) is 0 Å². The Bertz CT molecular complexity index is 605. The van der Waals surface area contributed by atoms with Crippen LogP contribution in [0.2, 0.25) is 0 Å². The first kappa shape index (κ1) is 25.0. The number of aliphatic imine (C=N–C) groups is 1. The smallest absolute Gasteiger partial charge is 0.190 e. The van der Waals surface area contributed by atoms with Crippen LogP contribution in [0.4, 0.5) is 0 Å². The molecule has 1 saturated heterocycles. The van der Waals surface area contributed by atoms with Gasteiger partial charge in [-0.1, -0.05) is 6.07 Å². The highest BCUT2D eigenvalue weighted by atomic mass is 127. The maximum atomic E-state index is 5.95. The molecule has 0 radical (unpaired) electrons. The SMILES string of the molecule is CN=C(NCCCOc1cc(C)cc(C)c1C)NCCCOC1CCOC1.I. The largest absolute Gasteiger partial charge is 0.493 e. The van der Waals surface area contributed by atoms with Gasteiger partial charge in [0.15, 0.2) is 5.96 Å². The second-order valence-electron chi connectivity index (χ2n) is 7.04. The van der Waals surface area contributed by atoms with Gasteiger partial charge in [-0.15, -0.1) is 24.0 Å². The molecule has 0 saturated carbocycles. The van der Waals surface area contributed by atoms with Crippen LogP contribution in [0.5, 0.6) is 5.75 Å². The fourth-order valence-electron chi connectivity index (χ4n) is 3.01. The summed E-state index contributed by atoms with van der Waals surface area (Å²) in [5.74, 6) is 1.81. The van der Waals surface area contributed by atoms with E-state index >= 15 is 0 Å². The lowest BCUT2D eigenvalue weighted by Gasteiger charge is -2.14. The number of rotatable bonds is 10. The van der Waals surface area contributed by atoms with Crippen molar-refractivity contribution in [1.29, 1.82) is 0 Å². The monoisotopic (exact) mass is 505 g/mol. The van der Waals surface area contributed by atoms with Gasteiger partial charge < -0.3 is 24.8 Å². The van der Waals surface area contributed by atoms with Crippen LogP contribution < -0.4 is 15.4 Å². The Morgan fingerprint density at radius 2 is 1.86 bits per heavy atom. The van der Waals surface area contributed by atoms with Crippen molar-refractivity contribution < 1.29 is 14.2 Å². The molecule has 1 heterocycles. The van der Waals surface area contributed by atoms with Gasteiger partial charge >= 0.3 is 0 Å². The summed E-state index contributed by atoms with van der Waals surface area (Å²) >= 11 is 0. The van der Waals surface area contributed by atoms with E-state index < -0.39 is 0 Å². The van der Waals surface area contributed by atoms with E-state index in [-0.39, 0.29) is 30.1 Å². The molecule has 0 spiro atoms. The van der Waals surface area contributed by atoms with Gasteiger partial charge in [0, 0.05) is 33.4 Å². The summed E-state index contributed by atoms with van der Waals surface area (Å²) in [7, 11) is 1.79. The predicted octanol–water partition coefficient (Wildman–Crippen LogP) is 3.36. The molecule has 2 N–H and O–H groups in total. The highest BCUT2D eigenvalue weighted by Gasteiger charge is 2.15. The topological polar surface area (TPSA) is 64.1 Å². The minimum Gasteiger partial charge on any atom is -0.493 e. The standard InChI is InChI=1S/C21H35N3O3.HI/c1-16-13-17(2)18(3)20(14-16)27-11-6-9-24-21(22-4)23-8-5-10-26-19-7-12-25-15-19;/h13-14,19H,5-12,15H2,1-4H3,(H2,22,23,24);1H. The van der Waals surface area contributed by atoms with Gasteiger partial charge in [0.05, 0.1) is 19.3 Å². The molecule has 0 bridgehead atoms. The maximum absolute atomic E-state index is 5.95. The minimum absolute atomic E-state index is 0. The van der Waals surface area contributed by atoms with Crippen LogP contribution in [0.15, 0.2) is 17.1 Å². The zero-order valence-electron chi connectivity index (χ0n) is 17.7. The number of ether oxygens (including phenoxy) is 3. The lowest BCUT2D eigenvalue weighted by molar-refractivity contribution is 0.0420. The van der Waals surface area contributed by atoms with Gasteiger partial charge in [-0.3, -0.25) is 4.99 Å². The fraction of sp³-hybridized carbons (Fsp3) is 0.667. The van der Waals surface area contributed by atoms with E-state index in [1.54, 1.807) is 7.05 Å². The average molecular weight is 505 g/mol. The molecule has 6 nitrogen and oxygen atoms in total. The van der Waals surface area contributed by atoms with E-state index in [0.717, 1.165) is 63.9 Å². The van der Waals surface area contributed by atoms with Crippen molar-refractivity contribution in [2.24, 2.45) is 4.99 Å². The molecule has 1 aromatic rings. The van der Waals surface area contributed by atoms with Crippen LogP contribution in [-0.4, -0.2) is 58.6 Å². The Kier molecular flexibility index (Phi) is 12.5. The van der Waals surface area contributed by atoms with Crippen LogP contribution in [-0.2, 0) is 9.47 Å². The van der Waals surface area contributed by atoms with Gasteiger partial charge in [0.1, 0.15) is 5.75 Å². The Hall–Kier alpha value is -1.06. The molecule has 1 aliphatic rings. The van der Waals surface area contributed by atoms with E-state index in [1.807, 2.05) is 0 Å².